The first-order chi connectivity index (χ1) is 11.7. The monoisotopic (exact) mass is 329 g/mol. The van der Waals surface area contributed by atoms with Gasteiger partial charge in [0.25, 0.3) is 5.91 Å². The second-order valence-corrected chi connectivity index (χ2v) is 5.06. The number of halogens is 1. The Bertz CT molecular complexity index is 863. The fourth-order valence-electron chi connectivity index (χ4n) is 2.22. The molecule has 0 unspecified atom stereocenters. The predicted octanol–water partition coefficient (Wildman–Crippen LogP) is 2.18. The third-order valence-corrected chi connectivity index (χ3v) is 3.36. The van der Waals surface area contributed by atoms with Gasteiger partial charge in [0, 0.05) is 12.4 Å². The molecule has 2 heterocycles. The molecule has 0 atom stereocenters. The van der Waals surface area contributed by atoms with Crippen molar-refractivity contribution in [3.63, 3.8) is 0 Å². The highest BCUT2D eigenvalue weighted by molar-refractivity contribution is 5.77. The van der Waals surface area contributed by atoms with Gasteiger partial charge < -0.3 is 19.2 Å². The van der Waals surface area contributed by atoms with Crippen molar-refractivity contribution < 1.29 is 18.7 Å². The first-order valence-corrected chi connectivity index (χ1v) is 7.31. The highest BCUT2D eigenvalue weighted by Crippen LogP contribution is 2.25. The van der Waals surface area contributed by atoms with Crippen molar-refractivity contribution in [3.05, 3.63) is 60.3 Å². The Hall–Kier alpha value is -3.09. The highest BCUT2D eigenvalue weighted by Gasteiger charge is 2.08. The van der Waals surface area contributed by atoms with E-state index < -0.39 is 0 Å². The quantitative estimate of drug-likeness (QED) is 0.753. The SMILES string of the molecule is COc1ccccc1OCC(=O)NCc1cn2cc(F)ccc2n1. The molecule has 0 spiro atoms. The molecule has 0 aliphatic heterocycles. The molecular formula is C17H16FN3O3. The molecule has 3 rings (SSSR count). The van der Waals surface area contributed by atoms with E-state index in [0.29, 0.717) is 22.8 Å². The van der Waals surface area contributed by atoms with Crippen molar-refractivity contribution in [1.29, 1.82) is 0 Å². The van der Waals surface area contributed by atoms with E-state index >= 15 is 0 Å². The Balaban J connectivity index is 1.55. The zero-order valence-corrected chi connectivity index (χ0v) is 13.0. The standard InChI is InChI=1S/C17H16FN3O3/c1-23-14-4-2-3-5-15(14)24-11-17(22)19-8-13-10-21-9-12(18)6-7-16(21)20-13/h2-7,9-10H,8,11H2,1H3,(H,19,22). The van der Waals surface area contributed by atoms with Gasteiger partial charge in [-0.05, 0) is 24.3 Å². The van der Waals surface area contributed by atoms with Crippen LogP contribution in [-0.4, -0.2) is 29.0 Å². The molecule has 124 valence electrons. The fourth-order valence-corrected chi connectivity index (χ4v) is 2.22. The number of aromatic nitrogens is 2. The zero-order valence-electron chi connectivity index (χ0n) is 13.0. The summed E-state index contributed by atoms with van der Waals surface area (Å²) in [5.74, 6) is 0.427. The lowest BCUT2D eigenvalue weighted by atomic mass is 10.3. The molecule has 24 heavy (non-hydrogen) atoms. The van der Waals surface area contributed by atoms with Gasteiger partial charge in [-0.15, -0.1) is 0 Å². The van der Waals surface area contributed by atoms with Crippen molar-refractivity contribution in [2.75, 3.05) is 13.7 Å². The zero-order chi connectivity index (χ0) is 16.9. The lowest BCUT2D eigenvalue weighted by Crippen LogP contribution is -2.28. The molecule has 0 aliphatic carbocycles. The van der Waals surface area contributed by atoms with Crippen LogP contribution in [0.3, 0.4) is 0 Å². The molecule has 1 amide bonds. The molecule has 3 aromatic rings. The molecule has 0 saturated heterocycles. The lowest BCUT2D eigenvalue weighted by molar-refractivity contribution is -0.123. The third kappa shape index (κ3) is 3.62. The molecule has 2 aromatic heterocycles. The summed E-state index contributed by atoms with van der Waals surface area (Å²) in [6.07, 6.45) is 3.00. The average Bonchev–Trinajstić information content (AvgIpc) is 3.00. The van der Waals surface area contributed by atoms with E-state index in [2.05, 4.69) is 10.3 Å². The Morgan fingerprint density at radius 1 is 1.21 bits per heavy atom. The van der Waals surface area contributed by atoms with Crippen LogP contribution in [0.5, 0.6) is 11.5 Å². The molecule has 0 bridgehead atoms. The van der Waals surface area contributed by atoms with E-state index in [1.165, 1.54) is 19.4 Å². The first-order valence-electron chi connectivity index (χ1n) is 7.31. The number of carbonyl (C=O) groups is 1. The number of ether oxygens (including phenoxy) is 2. The normalized spacial score (nSPS) is 10.6. The largest absolute Gasteiger partial charge is 0.493 e. The van der Waals surface area contributed by atoms with E-state index in [1.54, 1.807) is 34.9 Å². The van der Waals surface area contributed by atoms with Crippen molar-refractivity contribution in [1.82, 2.24) is 14.7 Å². The van der Waals surface area contributed by atoms with Crippen LogP contribution in [0, 0.1) is 5.82 Å². The Morgan fingerprint density at radius 3 is 2.79 bits per heavy atom. The van der Waals surface area contributed by atoms with Crippen LogP contribution < -0.4 is 14.8 Å². The topological polar surface area (TPSA) is 64.9 Å². The van der Waals surface area contributed by atoms with Gasteiger partial charge in [0.05, 0.1) is 19.3 Å². The molecular weight excluding hydrogens is 313 g/mol. The van der Waals surface area contributed by atoms with Gasteiger partial charge in [-0.3, -0.25) is 4.79 Å². The Labute approximate surface area is 137 Å². The van der Waals surface area contributed by atoms with Crippen molar-refractivity contribution in [2.45, 2.75) is 6.54 Å². The average molecular weight is 329 g/mol. The van der Waals surface area contributed by atoms with Gasteiger partial charge in [-0.25, -0.2) is 9.37 Å². The van der Waals surface area contributed by atoms with Gasteiger partial charge in [0.2, 0.25) is 0 Å². The number of hydrogen-bond donors (Lipinski definition) is 1. The second kappa shape index (κ2) is 6.99. The summed E-state index contributed by atoms with van der Waals surface area (Å²) in [6, 6.07) is 10.0. The maximum atomic E-state index is 13.1. The fraction of sp³-hybridized carbons (Fsp3) is 0.176. The number of benzene rings is 1. The number of fused-ring (bicyclic) bond motifs is 1. The summed E-state index contributed by atoms with van der Waals surface area (Å²) in [5, 5.41) is 2.71. The third-order valence-electron chi connectivity index (χ3n) is 3.36. The summed E-state index contributed by atoms with van der Waals surface area (Å²) in [7, 11) is 1.54. The summed E-state index contributed by atoms with van der Waals surface area (Å²) in [5.41, 5.74) is 1.25. The number of amides is 1. The van der Waals surface area contributed by atoms with Gasteiger partial charge in [-0.1, -0.05) is 12.1 Å². The molecule has 1 N–H and O–H groups in total. The molecule has 1 aromatic carbocycles. The van der Waals surface area contributed by atoms with E-state index in [0.717, 1.165) is 0 Å². The van der Waals surface area contributed by atoms with Crippen LogP contribution >= 0.6 is 0 Å². The number of nitrogens with one attached hydrogen (secondary N) is 1. The van der Waals surface area contributed by atoms with Crippen LogP contribution in [0.25, 0.3) is 5.65 Å². The van der Waals surface area contributed by atoms with Crippen molar-refractivity contribution in [2.24, 2.45) is 0 Å². The number of imidazole rings is 1. The van der Waals surface area contributed by atoms with E-state index in [1.807, 2.05) is 6.07 Å². The summed E-state index contributed by atoms with van der Waals surface area (Å²) >= 11 is 0. The Morgan fingerprint density at radius 2 is 2.00 bits per heavy atom. The number of carbonyl (C=O) groups excluding carboxylic acids is 1. The highest BCUT2D eigenvalue weighted by atomic mass is 19.1. The first kappa shape index (κ1) is 15.8. The molecule has 0 fully saturated rings. The second-order valence-electron chi connectivity index (χ2n) is 5.06. The van der Waals surface area contributed by atoms with Crippen molar-refractivity contribution in [3.8, 4) is 11.5 Å². The van der Waals surface area contributed by atoms with E-state index in [9.17, 15) is 9.18 Å². The number of rotatable bonds is 6. The number of para-hydroxylation sites is 2. The van der Waals surface area contributed by atoms with Crippen LogP contribution in [0.1, 0.15) is 5.69 Å². The van der Waals surface area contributed by atoms with Gasteiger partial charge in [-0.2, -0.15) is 0 Å². The number of nitrogens with zero attached hydrogens (tertiary/aromatic N) is 2. The van der Waals surface area contributed by atoms with Gasteiger partial charge in [0.15, 0.2) is 18.1 Å². The van der Waals surface area contributed by atoms with Gasteiger partial charge >= 0.3 is 0 Å². The van der Waals surface area contributed by atoms with Crippen LogP contribution in [0.2, 0.25) is 0 Å². The number of methoxy groups -OCH3 is 1. The lowest BCUT2D eigenvalue weighted by Gasteiger charge is -2.10. The van der Waals surface area contributed by atoms with Crippen LogP contribution in [-0.2, 0) is 11.3 Å². The summed E-state index contributed by atoms with van der Waals surface area (Å²) in [4.78, 5) is 16.2. The number of hydrogen-bond acceptors (Lipinski definition) is 4. The molecule has 0 radical (unpaired) electrons. The molecule has 7 heteroatoms. The minimum atomic E-state index is -0.347. The Kier molecular flexibility index (Phi) is 4.60. The van der Waals surface area contributed by atoms with E-state index in [4.69, 9.17) is 9.47 Å². The minimum absolute atomic E-state index is 0.137. The minimum Gasteiger partial charge on any atom is -0.493 e. The maximum Gasteiger partial charge on any atom is 0.258 e. The van der Waals surface area contributed by atoms with E-state index in [-0.39, 0.29) is 24.9 Å². The molecule has 6 nitrogen and oxygen atoms in total. The van der Waals surface area contributed by atoms with Crippen LogP contribution in [0.15, 0.2) is 48.8 Å². The van der Waals surface area contributed by atoms with Gasteiger partial charge in [0.1, 0.15) is 11.5 Å². The summed E-state index contributed by atoms with van der Waals surface area (Å²) < 4.78 is 25.3. The molecule has 0 aliphatic rings. The number of pyridine rings is 1. The predicted molar refractivity (Wildman–Crippen MR) is 85.5 cm³/mol. The smallest absolute Gasteiger partial charge is 0.258 e. The van der Waals surface area contributed by atoms with Crippen molar-refractivity contribution >= 4 is 11.6 Å². The molecule has 0 saturated carbocycles. The van der Waals surface area contributed by atoms with Crippen LogP contribution in [0.4, 0.5) is 4.39 Å². The summed E-state index contributed by atoms with van der Waals surface area (Å²) in [6.45, 7) is 0.0970. The maximum absolute atomic E-state index is 13.1.